The van der Waals surface area contributed by atoms with Crippen molar-refractivity contribution >= 4 is 27.8 Å². The fraction of sp³-hybridized carbons (Fsp3) is 0.364. The van der Waals surface area contributed by atoms with Crippen LogP contribution in [0.25, 0.3) is 21.8 Å². The molecule has 4 nitrogen and oxygen atoms in total. The van der Waals surface area contributed by atoms with E-state index in [0.717, 1.165) is 36.2 Å². The molecular weight excluding hydrogens is 381 g/mol. The molecule has 7 heteroatoms. The molecule has 0 amide bonds. The number of likely N-dealkylation sites (N-methyl/N-ethyl adjacent to an activating group) is 1. The third-order valence-electron chi connectivity index (χ3n) is 5.16. The summed E-state index contributed by atoms with van der Waals surface area (Å²) in [7, 11) is 0. The van der Waals surface area contributed by atoms with Crippen molar-refractivity contribution in [1.29, 1.82) is 0 Å². The van der Waals surface area contributed by atoms with E-state index in [4.69, 9.17) is 4.74 Å². The second kappa shape index (κ2) is 8.37. The first kappa shape index (κ1) is 21.0. The number of hydrogen-bond donors (Lipinski definition) is 0. The molecule has 0 fully saturated rings. The summed E-state index contributed by atoms with van der Waals surface area (Å²) in [6.45, 7) is 8.45. The van der Waals surface area contributed by atoms with Crippen LogP contribution in [0.2, 0.25) is 0 Å². The van der Waals surface area contributed by atoms with Gasteiger partial charge in [-0.05, 0) is 43.8 Å². The van der Waals surface area contributed by atoms with Gasteiger partial charge in [0, 0.05) is 17.3 Å². The van der Waals surface area contributed by atoms with Gasteiger partial charge in [-0.15, -0.1) is 0 Å². The van der Waals surface area contributed by atoms with E-state index in [-0.39, 0.29) is 17.7 Å². The van der Waals surface area contributed by atoms with Gasteiger partial charge in [0.2, 0.25) is 0 Å². The van der Waals surface area contributed by atoms with Gasteiger partial charge in [-0.1, -0.05) is 32.0 Å². The second-order valence-corrected chi connectivity index (χ2v) is 6.83. The zero-order valence-electron chi connectivity index (χ0n) is 16.6. The second-order valence-electron chi connectivity index (χ2n) is 6.83. The first-order valence-corrected chi connectivity index (χ1v) is 9.56. The molecule has 0 aliphatic heterocycles. The van der Waals surface area contributed by atoms with Gasteiger partial charge in [-0.25, -0.2) is 9.78 Å². The standard InChI is InChI=1S/C22H23F3N2O2/c1-4-27(5-2)11-12-29-21(28)18-8-6-7-17-14(3)16-10-9-15(22(23,24)25)13-19(16)26-20(17)18/h6-10,13H,4-5,11-12H2,1-3H3. The minimum Gasteiger partial charge on any atom is -0.461 e. The molecule has 0 saturated heterocycles. The maximum Gasteiger partial charge on any atom is 0.416 e. The van der Waals surface area contributed by atoms with Crippen LogP contribution in [0.15, 0.2) is 36.4 Å². The number of benzene rings is 2. The molecule has 0 N–H and O–H groups in total. The topological polar surface area (TPSA) is 42.4 Å². The summed E-state index contributed by atoms with van der Waals surface area (Å²) in [6, 6.07) is 8.62. The van der Waals surface area contributed by atoms with Crippen LogP contribution in [-0.4, -0.2) is 42.1 Å². The number of aryl methyl sites for hydroxylation is 1. The molecule has 0 unspecified atom stereocenters. The number of fused-ring (bicyclic) bond motifs is 2. The lowest BCUT2D eigenvalue weighted by Gasteiger charge is -2.17. The number of nitrogens with zero attached hydrogens (tertiary/aromatic N) is 2. The highest BCUT2D eigenvalue weighted by Crippen LogP contribution is 2.34. The van der Waals surface area contributed by atoms with Gasteiger partial charge >= 0.3 is 12.1 Å². The molecule has 0 aliphatic rings. The van der Waals surface area contributed by atoms with Crippen LogP contribution in [0.4, 0.5) is 13.2 Å². The van der Waals surface area contributed by atoms with Crippen molar-refractivity contribution in [3.8, 4) is 0 Å². The summed E-state index contributed by atoms with van der Waals surface area (Å²) < 4.78 is 44.7. The number of esters is 1. The molecule has 2 aromatic carbocycles. The molecule has 0 saturated carbocycles. The summed E-state index contributed by atoms with van der Waals surface area (Å²) in [5.41, 5.74) is 0.814. The molecule has 154 valence electrons. The quantitative estimate of drug-likeness (QED) is 0.418. The van der Waals surface area contributed by atoms with Crippen molar-refractivity contribution in [2.24, 2.45) is 0 Å². The first-order valence-electron chi connectivity index (χ1n) is 9.56. The van der Waals surface area contributed by atoms with E-state index < -0.39 is 17.7 Å². The largest absolute Gasteiger partial charge is 0.461 e. The predicted molar refractivity (Wildman–Crippen MR) is 107 cm³/mol. The van der Waals surface area contributed by atoms with E-state index in [0.29, 0.717) is 17.4 Å². The average molecular weight is 404 g/mol. The van der Waals surface area contributed by atoms with Crippen molar-refractivity contribution < 1.29 is 22.7 Å². The van der Waals surface area contributed by atoms with E-state index in [1.54, 1.807) is 12.1 Å². The Labute approximate surface area is 167 Å². The lowest BCUT2D eigenvalue weighted by molar-refractivity contribution is -0.137. The summed E-state index contributed by atoms with van der Waals surface area (Å²) in [5.74, 6) is -0.527. The number of carbonyl (C=O) groups excluding carboxylic acids is 1. The van der Waals surface area contributed by atoms with E-state index in [9.17, 15) is 18.0 Å². The van der Waals surface area contributed by atoms with Crippen molar-refractivity contribution in [2.45, 2.75) is 26.9 Å². The van der Waals surface area contributed by atoms with Crippen molar-refractivity contribution in [3.63, 3.8) is 0 Å². The molecule has 3 aromatic rings. The molecule has 0 spiro atoms. The zero-order valence-corrected chi connectivity index (χ0v) is 16.6. The number of alkyl halides is 3. The van der Waals surface area contributed by atoms with E-state index >= 15 is 0 Å². The fourth-order valence-electron chi connectivity index (χ4n) is 3.40. The van der Waals surface area contributed by atoms with Crippen LogP contribution in [0, 0.1) is 6.92 Å². The fourth-order valence-corrected chi connectivity index (χ4v) is 3.40. The molecule has 0 bridgehead atoms. The Kier molecular flexibility index (Phi) is 6.07. The van der Waals surface area contributed by atoms with Crippen molar-refractivity contribution in [3.05, 3.63) is 53.1 Å². The number of halogens is 3. The van der Waals surface area contributed by atoms with Crippen LogP contribution >= 0.6 is 0 Å². The molecule has 0 aliphatic carbocycles. The predicted octanol–water partition coefficient (Wildman–Crippen LogP) is 5.21. The molecule has 3 rings (SSSR count). The van der Waals surface area contributed by atoms with Crippen molar-refractivity contribution in [2.75, 3.05) is 26.2 Å². The smallest absolute Gasteiger partial charge is 0.416 e. The lowest BCUT2D eigenvalue weighted by atomic mass is 10.00. The van der Waals surface area contributed by atoms with Crippen LogP contribution in [-0.2, 0) is 10.9 Å². The van der Waals surface area contributed by atoms with Crippen LogP contribution < -0.4 is 0 Å². The molecule has 0 atom stereocenters. The number of ether oxygens (including phenoxy) is 1. The van der Waals surface area contributed by atoms with E-state index in [1.807, 2.05) is 26.8 Å². The third-order valence-corrected chi connectivity index (χ3v) is 5.16. The maximum atomic E-state index is 13.1. The van der Waals surface area contributed by atoms with Gasteiger partial charge in [0.05, 0.1) is 22.2 Å². The minimum absolute atomic E-state index is 0.202. The Bertz CT molecular complexity index is 1040. The van der Waals surface area contributed by atoms with Gasteiger partial charge < -0.3 is 9.64 Å². The molecular formula is C22H23F3N2O2. The molecule has 0 radical (unpaired) electrons. The number of aromatic nitrogens is 1. The number of pyridine rings is 1. The average Bonchev–Trinajstić information content (AvgIpc) is 2.70. The Morgan fingerprint density at radius 3 is 2.48 bits per heavy atom. The molecule has 29 heavy (non-hydrogen) atoms. The first-order chi connectivity index (χ1) is 13.8. The SMILES string of the molecule is CCN(CC)CCOC(=O)c1cccc2c(C)c3ccc(C(F)(F)F)cc3nc12. The van der Waals surface area contributed by atoms with Gasteiger partial charge in [-0.2, -0.15) is 13.2 Å². The van der Waals surface area contributed by atoms with Crippen LogP contribution in [0.5, 0.6) is 0 Å². The van der Waals surface area contributed by atoms with E-state index in [1.165, 1.54) is 6.07 Å². The third kappa shape index (κ3) is 4.34. The van der Waals surface area contributed by atoms with Gasteiger partial charge in [-0.3, -0.25) is 0 Å². The normalized spacial score (nSPS) is 12.1. The molecule has 1 heterocycles. The minimum atomic E-state index is -4.46. The van der Waals surface area contributed by atoms with Gasteiger partial charge in [0.1, 0.15) is 6.61 Å². The zero-order chi connectivity index (χ0) is 21.2. The Morgan fingerprint density at radius 1 is 1.10 bits per heavy atom. The summed E-state index contributed by atoms with van der Waals surface area (Å²) in [4.78, 5) is 19.2. The monoisotopic (exact) mass is 404 g/mol. The highest BCUT2D eigenvalue weighted by atomic mass is 19.4. The number of hydrogen-bond acceptors (Lipinski definition) is 4. The Balaban J connectivity index is 2.01. The lowest BCUT2D eigenvalue weighted by Crippen LogP contribution is -2.28. The molecule has 1 aromatic heterocycles. The summed E-state index contributed by atoms with van der Waals surface area (Å²) in [6.07, 6.45) is -4.46. The van der Waals surface area contributed by atoms with Crippen LogP contribution in [0.1, 0.15) is 35.3 Å². The number of carbonyl (C=O) groups is 1. The van der Waals surface area contributed by atoms with E-state index in [2.05, 4.69) is 9.88 Å². The Morgan fingerprint density at radius 2 is 1.83 bits per heavy atom. The van der Waals surface area contributed by atoms with Gasteiger partial charge in [0.25, 0.3) is 0 Å². The highest BCUT2D eigenvalue weighted by Gasteiger charge is 2.30. The summed E-state index contributed by atoms with van der Waals surface area (Å²) in [5, 5.41) is 1.34. The number of para-hydroxylation sites is 1. The van der Waals surface area contributed by atoms with Crippen LogP contribution in [0.3, 0.4) is 0 Å². The highest BCUT2D eigenvalue weighted by molar-refractivity contribution is 6.07. The van der Waals surface area contributed by atoms with Crippen molar-refractivity contribution in [1.82, 2.24) is 9.88 Å². The number of rotatable bonds is 6. The Hall–Kier alpha value is -2.67. The summed E-state index contributed by atoms with van der Waals surface area (Å²) >= 11 is 0. The maximum absolute atomic E-state index is 13.1. The van der Waals surface area contributed by atoms with Gasteiger partial charge in [0.15, 0.2) is 0 Å².